The van der Waals surface area contributed by atoms with Crippen LogP contribution in [0.5, 0.6) is 0 Å². The zero-order chi connectivity index (χ0) is 15.6. The first-order valence-corrected chi connectivity index (χ1v) is 6.60. The fourth-order valence-corrected chi connectivity index (χ4v) is 2.13. The number of anilines is 1. The van der Waals surface area contributed by atoms with Crippen LogP contribution in [-0.4, -0.2) is 16.8 Å². The Morgan fingerprint density at radius 3 is 2.52 bits per heavy atom. The van der Waals surface area contributed by atoms with Crippen LogP contribution in [0.2, 0.25) is 5.02 Å². The predicted octanol–water partition coefficient (Wildman–Crippen LogP) is 2.70. The molecule has 2 amide bonds. The number of carbonyl (C=O) groups is 2. The molecule has 5 nitrogen and oxygen atoms in total. The summed E-state index contributed by atoms with van der Waals surface area (Å²) in [5.74, 6) is -0.871. The van der Waals surface area contributed by atoms with Gasteiger partial charge >= 0.3 is 0 Å². The third-order valence-corrected chi connectivity index (χ3v) is 3.31. The topological polar surface area (TPSA) is 85.1 Å². The van der Waals surface area contributed by atoms with E-state index in [1.54, 1.807) is 38.1 Å². The zero-order valence-electron chi connectivity index (χ0n) is 11.6. The number of carbonyl (C=O) groups excluding carboxylic acids is 2. The number of pyridine rings is 1. The summed E-state index contributed by atoms with van der Waals surface area (Å²) in [4.78, 5) is 27.3. The number of primary amides is 1. The van der Waals surface area contributed by atoms with Gasteiger partial charge in [-0.05, 0) is 43.7 Å². The van der Waals surface area contributed by atoms with Crippen molar-refractivity contribution in [3.63, 3.8) is 0 Å². The Labute approximate surface area is 127 Å². The number of aryl methyl sites for hydroxylation is 2. The number of nitrogens with one attached hydrogen (secondary N) is 1. The molecule has 0 atom stereocenters. The molecule has 1 heterocycles. The normalized spacial score (nSPS) is 10.2. The Balaban J connectivity index is 2.25. The van der Waals surface area contributed by atoms with Crippen molar-refractivity contribution >= 4 is 29.1 Å². The second-order valence-electron chi connectivity index (χ2n) is 4.65. The largest absolute Gasteiger partial charge is 0.366 e. The van der Waals surface area contributed by atoms with Crippen LogP contribution in [0.15, 0.2) is 30.5 Å². The summed E-state index contributed by atoms with van der Waals surface area (Å²) in [5, 5.41) is 3.08. The van der Waals surface area contributed by atoms with Gasteiger partial charge in [-0.15, -0.1) is 0 Å². The smallest absolute Gasteiger partial charge is 0.258 e. The summed E-state index contributed by atoms with van der Waals surface area (Å²) >= 11 is 6.04. The van der Waals surface area contributed by atoms with Crippen molar-refractivity contribution in [3.8, 4) is 0 Å². The molecule has 0 spiro atoms. The standard InChI is InChI=1S/C15H14ClN3O2/c1-8-5-10(14(17)20)3-4-13(8)19-15(21)11-7-18-9(2)6-12(11)16/h3-7H,1-2H3,(H2,17,20)(H,19,21). The lowest BCUT2D eigenvalue weighted by atomic mass is 10.1. The molecular weight excluding hydrogens is 290 g/mol. The first-order valence-electron chi connectivity index (χ1n) is 6.22. The van der Waals surface area contributed by atoms with Gasteiger partial charge in [-0.25, -0.2) is 0 Å². The lowest BCUT2D eigenvalue weighted by Crippen LogP contribution is -2.15. The molecule has 1 aromatic heterocycles. The van der Waals surface area contributed by atoms with E-state index in [1.165, 1.54) is 6.20 Å². The minimum atomic E-state index is -0.512. The first-order chi connectivity index (χ1) is 9.88. The van der Waals surface area contributed by atoms with Crippen LogP contribution in [0.1, 0.15) is 32.0 Å². The van der Waals surface area contributed by atoms with E-state index in [4.69, 9.17) is 17.3 Å². The van der Waals surface area contributed by atoms with Gasteiger partial charge in [0.2, 0.25) is 5.91 Å². The Kier molecular flexibility index (Phi) is 4.23. The molecule has 0 saturated heterocycles. The summed E-state index contributed by atoms with van der Waals surface area (Å²) in [7, 11) is 0. The number of aromatic nitrogens is 1. The Morgan fingerprint density at radius 2 is 1.95 bits per heavy atom. The summed E-state index contributed by atoms with van der Waals surface area (Å²) in [5.41, 5.74) is 7.94. The van der Waals surface area contributed by atoms with E-state index in [2.05, 4.69) is 10.3 Å². The maximum absolute atomic E-state index is 12.2. The fourth-order valence-electron chi connectivity index (χ4n) is 1.84. The molecule has 0 aliphatic carbocycles. The van der Waals surface area contributed by atoms with E-state index in [0.29, 0.717) is 21.8 Å². The second-order valence-corrected chi connectivity index (χ2v) is 5.06. The summed E-state index contributed by atoms with van der Waals surface area (Å²) in [6.07, 6.45) is 1.43. The predicted molar refractivity (Wildman–Crippen MR) is 81.6 cm³/mol. The SMILES string of the molecule is Cc1cc(Cl)c(C(=O)Nc2ccc(C(N)=O)cc2C)cn1. The lowest BCUT2D eigenvalue weighted by Gasteiger charge is -2.10. The molecule has 108 valence electrons. The van der Waals surface area contributed by atoms with Crippen molar-refractivity contribution in [2.75, 3.05) is 5.32 Å². The van der Waals surface area contributed by atoms with E-state index >= 15 is 0 Å². The van der Waals surface area contributed by atoms with Crippen LogP contribution in [0.3, 0.4) is 0 Å². The molecule has 0 saturated carbocycles. The van der Waals surface area contributed by atoms with Gasteiger partial charge in [0.1, 0.15) is 0 Å². The van der Waals surface area contributed by atoms with Crippen molar-refractivity contribution in [3.05, 3.63) is 57.9 Å². The number of nitrogens with zero attached hydrogens (tertiary/aromatic N) is 1. The quantitative estimate of drug-likeness (QED) is 0.914. The van der Waals surface area contributed by atoms with Crippen molar-refractivity contribution in [1.29, 1.82) is 0 Å². The highest BCUT2D eigenvalue weighted by Crippen LogP contribution is 2.20. The van der Waals surface area contributed by atoms with Gasteiger partial charge in [0.15, 0.2) is 0 Å². The molecule has 0 bridgehead atoms. The van der Waals surface area contributed by atoms with Gasteiger partial charge in [-0.3, -0.25) is 14.6 Å². The van der Waals surface area contributed by atoms with E-state index < -0.39 is 5.91 Å². The number of rotatable bonds is 3. The highest BCUT2D eigenvalue weighted by Gasteiger charge is 2.13. The Bertz CT molecular complexity index is 729. The lowest BCUT2D eigenvalue weighted by molar-refractivity contribution is 0.0998. The van der Waals surface area contributed by atoms with Crippen molar-refractivity contribution < 1.29 is 9.59 Å². The van der Waals surface area contributed by atoms with Gasteiger partial charge in [0.25, 0.3) is 5.91 Å². The minimum absolute atomic E-state index is 0.292. The number of nitrogens with two attached hydrogens (primary N) is 1. The molecule has 2 aromatic rings. The third-order valence-electron chi connectivity index (χ3n) is 2.99. The van der Waals surface area contributed by atoms with Crippen molar-refractivity contribution in [2.45, 2.75) is 13.8 Å². The molecule has 1 aromatic carbocycles. The molecular formula is C15H14ClN3O2. The van der Waals surface area contributed by atoms with E-state index in [1.807, 2.05) is 0 Å². The van der Waals surface area contributed by atoms with Crippen molar-refractivity contribution in [1.82, 2.24) is 4.98 Å². The van der Waals surface area contributed by atoms with Gasteiger partial charge in [0, 0.05) is 23.1 Å². The first kappa shape index (κ1) is 15.0. The highest BCUT2D eigenvalue weighted by atomic mass is 35.5. The van der Waals surface area contributed by atoms with E-state index in [0.717, 1.165) is 11.3 Å². The Morgan fingerprint density at radius 1 is 1.24 bits per heavy atom. The molecule has 0 fully saturated rings. The number of halogens is 1. The van der Waals surface area contributed by atoms with Crippen LogP contribution in [-0.2, 0) is 0 Å². The molecule has 0 aliphatic rings. The van der Waals surface area contributed by atoms with E-state index in [-0.39, 0.29) is 5.91 Å². The summed E-state index contributed by atoms with van der Waals surface area (Å²) < 4.78 is 0. The minimum Gasteiger partial charge on any atom is -0.366 e. The van der Waals surface area contributed by atoms with Gasteiger partial charge in [-0.1, -0.05) is 11.6 Å². The zero-order valence-corrected chi connectivity index (χ0v) is 12.4. The van der Waals surface area contributed by atoms with Gasteiger partial charge in [-0.2, -0.15) is 0 Å². The van der Waals surface area contributed by atoms with Gasteiger partial charge in [0.05, 0.1) is 10.6 Å². The maximum Gasteiger partial charge on any atom is 0.258 e. The maximum atomic E-state index is 12.2. The average Bonchev–Trinajstić information content (AvgIpc) is 2.40. The molecule has 0 radical (unpaired) electrons. The average molecular weight is 304 g/mol. The third kappa shape index (κ3) is 3.38. The highest BCUT2D eigenvalue weighted by molar-refractivity contribution is 6.34. The molecule has 3 N–H and O–H groups in total. The fraction of sp³-hybridized carbons (Fsp3) is 0.133. The van der Waals surface area contributed by atoms with Crippen LogP contribution < -0.4 is 11.1 Å². The molecule has 0 aliphatic heterocycles. The Hall–Kier alpha value is -2.40. The monoisotopic (exact) mass is 303 g/mol. The molecule has 2 rings (SSSR count). The number of hydrogen-bond acceptors (Lipinski definition) is 3. The number of amides is 2. The summed E-state index contributed by atoms with van der Waals surface area (Å²) in [6, 6.07) is 6.43. The summed E-state index contributed by atoms with van der Waals surface area (Å²) in [6.45, 7) is 3.57. The molecule has 6 heteroatoms. The number of benzene rings is 1. The van der Waals surface area contributed by atoms with Crippen LogP contribution in [0.25, 0.3) is 0 Å². The van der Waals surface area contributed by atoms with Gasteiger partial charge < -0.3 is 11.1 Å². The second kappa shape index (κ2) is 5.93. The van der Waals surface area contributed by atoms with Crippen LogP contribution in [0.4, 0.5) is 5.69 Å². The molecule has 21 heavy (non-hydrogen) atoms. The van der Waals surface area contributed by atoms with Crippen LogP contribution in [0, 0.1) is 13.8 Å². The molecule has 0 unspecified atom stereocenters. The van der Waals surface area contributed by atoms with E-state index in [9.17, 15) is 9.59 Å². The van der Waals surface area contributed by atoms with Crippen molar-refractivity contribution in [2.24, 2.45) is 5.73 Å². The van der Waals surface area contributed by atoms with Crippen LogP contribution >= 0.6 is 11.6 Å². The number of hydrogen-bond donors (Lipinski definition) is 2.